The van der Waals surface area contributed by atoms with Crippen molar-refractivity contribution >= 4 is 12.4 Å². The molecule has 0 saturated carbocycles. The number of benzene rings is 1. The maximum absolute atomic E-state index is 12.9. The first kappa shape index (κ1) is 18.6. The molecule has 2 aromatic rings. The van der Waals surface area contributed by atoms with E-state index in [0.29, 0.717) is 18.2 Å². The van der Waals surface area contributed by atoms with Crippen LogP contribution in [0.4, 0.5) is 17.3 Å². The largest absolute Gasteiger partial charge is 1.00 e. The summed E-state index contributed by atoms with van der Waals surface area (Å²) in [7, 11) is 0. The normalized spacial score (nSPS) is 10.9. The van der Waals surface area contributed by atoms with Crippen LogP contribution in [0.15, 0.2) is 42.6 Å². The Morgan fingerprint density at radius 1 is 1.10 bits per heavy atom. The maximum Gasteiger partial charge on any atom is 1.00 e. The van der Waals surface area contributed by atoms with E-state index in [2.05, 4.69) is 4.98 Å². The Morgan fingerprint density at radius 3 is 2.48 bits per heavy atom. The van der Waals surface area contributed by atoms with Crippen molar-refractivity contribution in [3.8, 4) is 5.75 Å². The van der Waals surface area contributed by atoms with Crippen LogP contribution < -0.4 is 61.6 Å². The average molecular weight is 323 g/mol. The predicted octanol–water partition coefficient (Wildman–Crippen LogP) is -0.0994. The van der Waals surface area contributed by atoms with Crippen molar-refractivity contribution in [1.29, 1.82) is 0 Å². The zero-order valence-electron chi connectivity index (χ0n) is 11.4. The first-order valence-corrected chi connectivity index (χ1v) is 5.99. The molecule has 0 spiro atoms. The number of aromatic nitrogens is 1. The van der Waals surface area contributed by atoms with Crippen molar-refractivity contribution in [2.75, 3.05) is 6.61 Å². The molecule has 1 heterocycles. The molecule has 106 valence electrons. The molecule has 0 saturated heterocycles. The number of pyridine rings is 1. The van der Waals surface area contributed by atoms with Crippen LogP contribution >= 0.6 is 0 Å². The molecule has 0 N–H and O–H groups in total. The second-order valence-electron chi connectivity index (χ2n) is 4.18. The van der Waals surface area contributed by atoms with Gasteiger partial charge >= 0.3 is 58.4 Å². The van der Waals surface area contributed by atoms with Crippen LogP contribution in [0.5, 0.6) is 5.75 Å². The fraction of sp³-hybridized carbons (Fsp3) is 0.154. The summed E-state index contributed by atoms with van der Waals surface area (Å²) in [6, 6.07) is 7.68. The third-order valence-electron chi connectivity index (χ3n) is 2.67. The molecular formula is C13H11BF4KNO. The first-order valence-electron chi connectivity index (χ1n) is 5.99. The molecule has 1 aromatic heterocycles. The zero-order chi connectivity index (χ0) is 14.6. The van der Waals surface area contributed by atoms with Crippen molar-refractivity contribution in [1.82, 2.24) is 4.98 Å². The first-order chi connectivity index (χ1) is 9.47. The Bertz CT molecular complexity index is 580. The number of hydrogen-bond donors (Lipinski definition) is 0. The molecule has 0 atom stereocenters. The van der Waals surface area contributed by atoms with E-state index >= 15 is 0 Å². The molecule has 1 aromatic carbocycles. The summed E-state index contributed by atoms with van der Waals surface area (Å²) >= 11 is 0. The van der Waals surface area contributed by atoms with Gasteiger partial charge in [0.25, 0.3) is 0 Å². The number of hydrogen-bond acceptors (Lipinski definition) is 2. The van der Waals surface area contributed by atoms with Crippen molar-refractivity contribution in [3.63, 3.8) is 0 Å². The van der Waals surface area contributed by atoms with E-state index < -0.39 is 18.3 Å². The molecule has 0 unspecified atom stereocenters. The fourth-order valence-corrected chi connectivity index (χ4v) is 1.72. The van der Waals surface area contributed by atoms with E-state index in [1.165, 1.54) is 0 Å². The zero-order valence-corrected chi connectivity index (χ0v) is 14.5. The van der Waals surface area contributed by atoms with E-state index in [1.54, 1.807) is 24.4 Å². The summed E-state index contributed by atoms with van der Waals surface area (Å²) in [6.07, 6.45) is 1.97. The van der Waals surface area contributed by atoms with E-state index in [9.17, 15) is 17.3 Å². The molecule has 0 bridgehead atoms. The molecule has 0 radical (unpaired) electrons. The summed E-state index contributed by atoms with van der Waals surface area (Å²) in [5.41, 5.74) is -0.334. The SMILES string of the molecule is Fc1ccc(OCCc2ccccn2)c([B-](F)(F)F)c1.[K+]. The molecule has 0 amide bonds. The Hall–Kier alpha value is -0.409. The molecular weight excluding hydrogens is 312 g/mol. The Labute approximate surface area is 162 Å². The molecule has 2 nitrogen and oxygen atoms in total. The van der Waals surface area contributed by atoms with Crippen molar-refractivity contribution < 1.29 is 73.5 Å². The van der Waals surface area contributed by atoms with Gasteiger partial charge in [0.15, 0.2) is 0 Å². The van der Waals surface area contributed by atoms with Crippen LogP contribution in [-0.2, 0) is 6.42 Å². The third-order valence-corrected chi connectivity index (χ3v) is 2.67. The Morgan fingerprint density at radius 2 is 1.86 bits per heavy atom. The summed E-state index contributed by atoms with van der Waals surface area (Å²) in [4.78, 5) is 4.04. The van der Waals surface area contributed by atoms with Gasteiger partial charge in [-0.3, -0.25) is 4.98 Å². The van der Waals surface area contributed by atoms with Gasteiger partial charge in [0.1, 0.15) is 5.82 Å². The smallest absolute Gasteiger partial charge is 0.496 e. The number of rotatable bonds is 5. The average Bonchev–Trinajstić information content (AvgIpc) is 2.40. The van der Waals surface area contributed by atoms with Gasteiger partial charge < -0.3 is 17.7 Å². The van der Waals surface area contributed by atoms with Crippen LogP contribution in [-0.4, -0.2) is 18.6 Å². The molecule has 0 aliphatic heterocycles. The van der Waals surface area contributed by atoms with Crippen LogP contribution in [0.3, 0.4) is 0 Å². The summed E-state index contributed by atoms with van der Waals surface area (Å²) in [5, 5.41) is 0. The molecule has 2 rings (SSSR count). The van der Waals surface area contributed by atoms with Gasteiger partial charge in [0.05, 0.1) is 12.4 Å². The molecule has 0 aliphatic carbocycles. The predicted molar refractivity (Wildman–Crippen MR) is 68.5 cm³/mol. The van der Waals surface area contributed by atoms with Gasteiger partial charge in [0.2, 0.25) is 0 Å². The summed E-state index contributed by atoms with van der Waals surface area (Å²) < 4.78 is 56.4. The molecule has 21 heavy (non-hydrogen) atoms. The number of ether oxygens (including phenoxy) is 1. The number of nitrogens with zero attached hydrogens (tertiary/aromatic N) is 1. The Kier molecular flexibility index (Phi) is 7.35. The minimum absolute atomic E-state index is 0. The van der Waals surface area contributed by atoms with E-state index in [4.69, 9.17) is 4.74 Å². The van der Waals surface area contributed by atoms with E-state index in [0.717, 1.165) is 12.1 Å². The van der Waals surface area contributed by atoms with Crippen molar-refractivity contribution in [2.45, 2.75) is 6.42 Å². The van der Waals surface area contributed by atoms with Crippen LogP contribution in [0, 0.1) is 5.82 Å². The summed E-state index contributed by atoms with van der Waals surface area (Å²) in [6.45, 7) is -5.27. The van der Waals surface area contributed by atoms with E-state index in [1.807, 2.05) is 0 Å². The molecule has 0 aliphatic rings. The minimum atomic E-state index is -5.31. The quantitative estimate of drug-likeness (QED) is 0.566. The maximum atomic E-state index is 12.9. The van der Waals surface area contributed by atoms with Gasteiger partial charge in [-0.1, -0.05) is 11.5 Å². The van der Waals surface area contributed by atoms with Gasteiger partial charge in [-0.05, 0) is 30.3 Å². The second kappa shape index (κ2) is 8.28. The minimum Gasteiger partial charge on any atom is -0.496 e. The van der Waals surface area contributed by atoms with Gasteiger partial charge in [-0.25, -0.2) is 4.39 Å². The van der Waals surface area contributed by atoms with E-state index in [-0.39, 0.29) is 63.7 Å². The van der Waals surface area contributed by atoms with Gasteiger partial charge in [0, 0.05) is 18.3 Å². The topological polar surface area (TPSA) is 22.1 Å². The van der Waals surface area contributed by atoms with Crippen LogP contribution in [0.1, 0.15) is 5.69 Å². The Balaban J connectivity index is 0.00000220. The molecule has 0 fully saturated rings. The third kappa shape index (κ3) is 5.71. The standard InChI is InChI=1S/C13H11BF4NO.K/c15-10-4-5-13(12(9-10)14(16,17)18)20-8-6-11-3-1-2-7-19-11;/h1-5,7,9H,6,8H2;/q-1;+1. The second-order valence-corrected chi connectivity index (χ2v) is 4.18. The van der Waals surface area contributed by atoms with Gasteiger partial charge in [-0.2, -0.15) is 0 Å². The van der Waals surface area contributed by atoms with Crippen LogP contribution in [0.25, 0.3) is 0 Å². The van der Waals surface area contributed by atoms with Gasteiger partial charge in [-0.15, -0.1) is 0 Å². The van der Waals surface area contributed by atoms with Crippen molar-refractivity contribution in [2.24, 2.45) is 0 Å². The summed E-state index contributed by atoms with van der Waals surface area (Å²) in [5.74, 6) is -1.29. The van der Waals surface area contributed by atoms with Crippen molar-refractivity contribution in [3.05, 3.63) is 54.1 Å². The molecule has 8 heteroatoms. The monoisotopic (exact) mass is 323 g/mol. The fourth-order valence-electron chi connectivity index (χ4n) is 1.72. The number of halogens is 4. The van der Waals surface area contributed by atoms with Crippen LogP contribution in [0.2, 0.25) is 0 Å².